The minimum atomic E-state index is -0.0128. The Morgan fingerprint density at radius 3 is 2.71 bits per heavy atom. The molecule has 100 valence electrons. The number of ether oxygens (including phenoxy) is 1. The second-order valence-electron chi connectivity index (χ2n) is 5.35. The first-order valence-corrected chi connectivity index (χ1v) is 7.75. The van der Waals surface area contributed by atoms with Crippen LogP contribution in [-0.2, 0) is 4.74 Å². The van der Waals surface area contributed by atoms with Crippen molar-refractivity contribution in [3.8, 4) is 0 Å². The largest absolute Gasteiger partial charge is 0.394 e. The molecule has 0 aromatic carbocycles. The van der Waals surface area contributed by atoms with Crippen molar-refractivity contribution < 1.29 is 9.84 Å². The van der Waals surface area contributed by atoms with Crippen LogP contribution in [0, 0.1) is 0 Å². The molecular weight excluding hydrogens is 234 g/mol. The van der Waals surface area contributed by atoms with Gasteiger partial charge in [-0.25, -0.2) is 0 Å². The van der Waals surface area contributed by atoms with Gasteiger partial charge in [-0.15, -0.1) is 0 Å². The summed E-state index contributed by atoms with van der Waals surface area (Å²) in [6, 6.07) is 0. The quantitative estimate of drug-likeness (QED) is 0.808. The first kappa shape index (κ1) is 13.7. The molecule has 1 heterocycles. The minimum Gasteiger partial charge on any atom is -0.394 e. The van der Waals surface area contributed by atoms with Crippen molar-refractivity contribution in [3.63, 3.8) is 0 Å². The second kappa shape index (κ2) is 6.41. The van der Waals surface area contributed by atoms with E-state index in [9.17, 15) is 5.11 Å². The third kappa shape index (κ3) is 3.60. The van der Waals surface area contributed by atoms with E-state index in [4.69, 9.17) is 4.74 Å². The van der Waals surface area contributed by atoms with Crippen LogP contribution < -0.4 is 5.32 Å². The van der Waals surface area contributed by atoms with Crippen LogP contribution in [0.4, 0.5) is 0 Å². The van der Waals surface area contributed by atoms with Crippen molar-refractivity contribution in [2.45, 2.75) is 54.6 Å². The van der Waals surface area contributed by atoms with Crippen molar-refractivity contribution >= 4 is 11.8 Å². The van der Waals surface area contributed by atoms with Crippen LogP contribution in [0.5, 0.6) is 0 Å². The Hall–Kier alpha value is 0.230. The molecule has 2 atom stereocenters. The number of rotatable bonds is 4. The van der Waals surface area contributed by atoms with Gasteiger partial charge in [0.2, 0.25) is 0 Å². The maximum absolute atomic E-state index is 9.57. The predicted octanol–water partition coefficient (Wildman–Crippen LogP) is 1.79. The van der Waals surface area contributed by atoms with Gasteiger partial charge in [-0.1, -0.05) is 6.42 Å². The molecule has 0 aromatic heterocycles. The zero-order chi connectivity index (χ0) is 12.1. The van der Waals surface area contributed by atoms with Crippen molar-refractivity contribution in [2.75, 3.05) is 26.9 Å². The Bertz CT molecular complexity index is 227. The number of aliphatic hydroxyl groups is 1. The molecule has 1 aliphatic carbocycles. The maximum Gasteiger partial charge on any atom is 0.0613 e. The molecule has 2 fully saturated rings. The van der Waals surface area contributed by atoms with Gasteiger partial charge in [0.15, 0.2) is 0 Å². The Morgan fingerprint density at radius 1 is 1.29 bits per heavy atom. The van der Waals surface area contributed by atoms with Crippen molar-refractivity contribution in [1.82, 2.24) is 5.32 Å². The van der Waals surface area contributed by atoms with E-state index in [0.717, 1.165) is 31.3 Å². The third-order valence-corrected chi connectivity index (χ3v) is 5.83. The molecule has 1 aliphatic heterocycles. The lowest BCUT2D eigenvalue weighted by molar-refractivity contribution is 0.0994. The molecule has 2 aliphatic rings. The van der Waals surface area contributed by atoms with Crippen molar-refractivity contribution in [3.05, 3.63) is 0 Å². The van der Waals surface area contributed by atoms with Gasteiger partial charge in [-0.05, 0) is 39.2 Å². The Morgan fingerprint density at radius 2 is 2.06 bits per heavy atom. The SMILES string of the molecule is CNC1(CO)CCCC(SC2CCOCC2)C1. The first-order valence-electron chi connectivity index (χ1n) is 6.81. The molecular formula is C13H25NO2S. The Kier molecular flexibility index (Phi) is 5.15. The van der Waals surface area contributed by atoms with Crippen LogP contribution in [0.1, 0.15) is 38.5 Å². The third-order valence-electron chi connectivity index (χ3n) is 4.19. The maximum atomic E-state index is 9.57. The van der Waals surface area contributed by atoms with Crippen molar-refractivity contribution in [2.24, 2.45) is 0 Å². The molecule has 0 bridgehead atoms. The molecule has 17 heavy (non-hydrogen) atoms. The summed E-state index contributed by atoms with van der Waals surface area (Å²) in [6.45, 7) is 2.14. The molecule has 2 unspecified atom stereocenters. The van der Waals surface area contributed by atoms with Gasteiger partial charge < -0.3 is 15.2 Å². The molecule has 0 amide bonds. The summed E-state index contributed by atoms with van der Waals surface area (Å²) in [7, 11) is 1.98. The zero-order valence-electron chi connectivity index (χ0n) is 10.8. The number of likely N-dealkylation sites (N-methyl/N-ethyl adjacent to an activating group) is 1. The van der Waals surface area contributed by atoms with E-state index in [0.29, 0.717) is 5.25 Å². The highest BCUT2D eigenvalue weighted by molar-refractivity contribution is 8.00. The van der Waals surface area contributed by atoms with Crippen LogP contribution in [0.2, 0.25) is 0 Å². The van der Waals surface area contributed by atoms with Crippen LogP contribution in [0.3, 0.4) is 0 Å². The standard InChI is InChI=1S/C13H25NO2S/c1-14-13(10-15)6-2-3-12(9-13)17-11-4-7-16-8-5-11/h11-12,14-15H,2-10H2,1H3. The lowest BCUT2D eigenvalue weighted by Crippen LogP contribution is -2.50. The lowest BCUT2D eigenvalue weighted by atomic mass is 9.82. The van der Waals surface area contributed by atoms with E-state index in [1.54, 1.807) is 0 Å². The highest BCUT2D eigenvalue weighted by Crippen LogP contribution is 2.38. The molecule has 0 spiro atoms. The Labute approximate surface area is 109 Å². The molecule has 2 rings (SSSR count). The van der Waals surface area contributed by atoms with E-state index in [2.05, 4.69) is 17.1 Å². The zero-order valence-corrected chi connectivity index (χ0v) is 11.6. The number of nitrogens with one attached hydrogen (secondary N) is 1. The van der Waals surface area contributed by atoms with Gasteiger partial charge in [0.25, 0.3) is 0 Å². The second-order valence-corrected chi connectivity index (χ2v) is 6.96. The molecule has 0 aromatic rings. The summed E-state index contributed by atoms with van der Waals surface area (Å²) in [5, 5.41) is 14.4. The summed E-state index contributed by atoms with van der Waals surface area (Å²) in [5.74, 6) is 0. The summed E-state index contributed by atoms with van der Waals surface area (Å²) < 4.78 is 5.41. The van der Waals surface area contributed by atoms with Crippen LogP contribution in [0.15, 0.2) is 0 Å². The molecule has 4 heteroatoms. The van der Waals surface area contributed by atoms with E-state index in [1.165, 1.54) is 25.7 Å². The normalized spacial score (nSPS) is 36.0. The first-order chi connectivity index (χ1) is 8.28. The summed E-state index contributed by atoms with van der Waals surface area (Å²) in [6.07, 6.45) is 7.18. The van der Waals surface area contributed by atoms with Gasteiger partial charge >= 0.3 is 0 Å². The highest BCUT2D eigenvalue weighted by atomic mass is 32.2. The molecule has 3 nitrogen and oxygen atoms in total. The predicted molar refractivity (Wildman–Crippen MR) is 72.6 cm³/mol. The molecule has 2 N–H and O–H groups in total. The number of aliphatic hydroxyl groups excluding tert-OH is 1. The van der Waals surface area contributed by atoms with Crippen LogP contribution >= 0.6 is 11.8 Å². The average Bonchev–Trinajstić information content (AvgIpc) is 2.40. The lowest BCUT2D eigenvalue weighted by Gasteiger charge is -2.40. The van der Waals surface area contributed by atoms with E-state index >= 15 is 0 Å². The fourth-order valence-corrected chi connectivity index (χ4v) is 4.69. The highest BCUT2D eigenvalue weighted by Gasteiger charge is 2.35. The van der Waals surface area contributed by atoms with Gasteiger partial charge in [0.1, 0.15) is 0 Å². The van der Waals surface area contributed by atoms with Gasteiger partial charge in [-0.3, -0.25) is 0 Å². The number of hydrogen-bond donors (Lipinski definition) is 2. The van der Waals surface area contributed by atoms with Gasteiger partial charge in [0, 0.05) is 29.3 Å². The fourth-order valence-electron chi connectivity index (χ4n) is 2.96. The smallest absolute Gasteiger partial charge is 0.0613 e. The van der Waals surface area contributed by atoms with E-state index < -0.39 is 0 Å². The van der Waals surface area contributed by atoms with Crippen LogP contribution in [0.25, 0.3) is 0 Å². The number of hydrogen-bond acceptors (Lipinski definition) is 4. The summed E-state index contributed by atoms with van der Waals surface area (Å²) >= 11 is 2.14. The molecule has 0 radical (unpaired) electrons. The monoisotopic (exact) mass is 259 g/mol. The average molecular weight is 259 g/mol. The van der Waals surface area contributed by atoms with Crippen LogP contribution in [-0.4, -0.2) is 48.0 Å². The summed E-state index contributed by atoms with van der Waals surface area (Å²) in [4.78, 5) is 0. The summed E-state index contributed by atoms with van der Waals surface area (Å²) in [5.41, 5.74) is -0.0128. The Balaban J connectivity index is 1.84. The minimum absolute atomic E-state index is 0.0128. The van der Waals surface area contributed by atoms with E-state index in [1.807, 2.05) is 7.05 Å². The topological polar surface area (TPSA) is 41.5 Å². The molecule has 1 saturated carbocycles. The van der Waals surface area contributed by atoms with E-state index in [-0.39, 0.29) is 12.1 Å². The van der Waals surface area contributed by atoms with Crippen molar-refractivity contribution in [1.29, 1.82) is 0 Å². The molecule has 1 saturated heterocycles. The fraction of sp³-hybridized carbons (Fsp3) is 1.00. The van der Waals surface area contributed by atoms with Gasteiger partial charge in [-0.2, -0.15) is 11.8 Å². The number of thioether (sulfide) groups is 1. The van der Waals surface area contributed by atoms with Gasteiger partial charge in [0.05, 0.1) is 6.61 Å².